The topological polar surface area (TPSA) is 89.3 Å². The summed E-state index contributed by atoms with van der Waals surface area (Å²) in [6.07, 6.45) is 0.955. The van der Waals surface area contributed by atoms with Crippen LogP contribution in [0.25, 0.3) is 0 Å². The summed E-state index contributed by atoms with van der Waals surface area (Å²) in [6.45, 7) is 0.370. The first kappa shape index (κ1) is 15.0. The van der Waals surface area contributed by atoms with Crippen molar-refractivity contribution >= 4 is 21.2 Å². The monoisotopic (exact) mass is 306 g/mol. The summed E-state index contributed by atoms with van der Waals surface area (Å²) >= 11 is 0. The van der Waals surface area contributed by atoms with E-state index in [4.69, 9.17) is 0 Å². The van der Waals surface area contributed by atoms with Crippen molar-refractivity contribution in [3.63, 3.8) is 0 Å². The molecule has 0 atom stereocenters. The maximum Gasteiger partial charge on any atom is 0.310 e. The summed E-state index contributed by atoms with van der Waals surface area (Å²) in [6, 6.07) is 13.6. The molecular weight excluding hydrogens is 292 g/mol. The fourth-order valence-electron chi connectivity index (χ4n) is 1.95. The number of hydrogen-bond acceptors (Lipinski definition) is 5. The van der Waals surface area contributed by atoms with E-state index in [1.54, 1.807) is 0 Å². The second-order valence-corrected chi connectivity index (χ2v) is 6.50. The molecule has 2 aromatic rings. The molecule has 2 rings (SSSR count). The zero-order valence-electron chi connectivity index (χ0n) is 11.3. The molecule has 0 aliphatic rings. The molecule has 2 aromatic carbocycles. The molecule has 0 bridgehead atoms. The van der Waals surface area contributed by atoms with Gasteiger partial charge in [0.15, 0.2) is 9.84 Å². The molecule has 0 saturated heterocycles. The number of nitrogens with zero attached hydrogens (tertiary/aromatic N) is 1. The lowest BCUT2D eigenvalue weighted by atomic mass is 10.2. The average Bonchev–Trinajstić information content (AvgIpc) is 2.44. The fourth-order valence-corrected chi connectivity index (χ4v) is 2.81. The van der Waals surface area contributed by atoms with Gasteiger partial charge in [0.1, 0.15) is 10.6 Å². The lowest BCUT2D eigenvalue weighted by Gasteiger charge is -2.09. The van der Waals surface area contributed by atoms with Gasteiger partial charge in [0.2, 0.25) is 0 Å². The third kappa shape index (κ3) is 3.57. The third-order valence-corrected chi connectivity index (χ3v) is 4.04. The van der Waals surface area contributed by atoms with Gasteiger partial charge < -0.3 is 5.32 Å². The number of nitro benzene ring substituents is 1. The van der Waals surface area contributed by atoms with Gasteiger partial charge in [0.05, 0.1) is 4.92 Å². The van der Waals surface area contributed by atoms with E-state index in [1.165, 1.54) is 18.2 Å². The molecule has 0 fully saturated rings. The van der Waals surface area contributed by atoms with Crippen LogP contribution < -0.4 is 5.32 Å². The molecule has 0 unspecified atom stereocenters. The fraction of sp³-hybridized carbons (Fsp3) is 0.143. The SMILES string of the molecule is CS(=O)(=O)c1cccc(NCc2ccccc2)c1[N+](=O)[O-]. The predicted molar refractivity (Wildman–Crippen MR) is 80.0 cm³/mol. The minimum atomic E-state index is -3.67. The number of para-hydroxylation sites is 1. The molecule has 1 N–H and O–H groups in total. The van der Waals surface area contributed by atoms with Crippen molar-refractivity contribution in [1.82, 2.24) is 0 Å². The summed E-state index contributed by atoms with van der Waals surface area (Å²) in [5, 5.41) is 14.1. The molecule has 0 aliphatic carbocycles. The van der Waals surface area contributed by atoms with E-state index >= 15 is 0 Å². The first-order chi connectivity index (χ1) is 9.89. The minimum absolute atomic E-state index is 0.187. The van der Waals surface area contributed by atoms with Gasteiger partial charge in [-0.25, -0.2) is 8.42 Å². The number of nitrogens with one attached hydrogen (secondary N) is 1. The second kappa shape index (κ2) is 5.92. The van der Waals surface area contributed by atoms with Gasteiger partial charge >= 0.3 is 5.69 Å². The van der Waals surface area contributed by atoms with Crippen LogP contribution in [0.1, 0.15) is 5.56 Å². The largest absolute Gasteiger partial charge is 0.375 e. The number of anilines is 1. The summed E-state index contributed by atoms with van der Waals surface area (Å²) < 4.78 is 23.3. The number of hydrogen-bond donors (Lipinski definition) is 1. The molecule has 0 spiro atoms. The number of sulfone groups is 1. The molecule has 0 amide bonds. The van der Waals surface area contributed by atoms with Gasteiger partial charge in [-0.15, -0.1) is 0 Å². The van der Waals surface area contributed by atoms with Crippen LogP contribution in [0.15, 0.2) is 53.4 Å². The van der Waals surface area contributed by atoms with Crippen molar-refractivity contribution in [2.24, 2.45) is 0 Å². The van der Waals surface area contributed by atoms with E-state index in [1.807, 2.05) is 30.3 Å². The van der Waals surface area contributed by atoms with Crippen LogP contribution in [-0.4, -0.2) is 19.6 Å². The number of benzene rings is 2. The first-order valence-corrected chi connectivity index (χ1v) is 8.04. The van der Waals surface area contributed by atoms with Crippen LogP contribution >= 0.6 is 0 Å². The third-order valence-electron chi connectivity index (χ3n) is 2.91. The molecular formula is C14H14N2O4S. The Hall–Kier alpha value is -2.41. The lowest BCUT2D eigenvalue weighted by Crippen LogP contribution is -2.07. The van der Waals surface area contributed by atoms with Gasteiger partial charge in [0.25, 0.3) is 0 Å². The Bertz CT molecular complexity index is 758. The minimum Gasteiger partial charge on any atom is -0.375 e. The molecule has 110 valence electrons. The second-order valence-electron chi connectivity index (χ2n) is 4.52. The van der Waals surface area contributed by atoms with E-state index in [0.717, 1.165) is 11.8 Å². The van der Waals surface area contributed by atoms with Gasteiger partial charge in [-0.05, 0) is 17.7 Å². The van der Waals surface area contributed by atoms with Crippen LogP contribution in [0, 0.1) is 10.1 Å². The Morgan fingerprint density at radius 1 is 1.10 bits per heavy atom. The van der Waals surface area contributed by atoms with Crippen LogP contribution in [0.4, 0.5) is 11.4 Å². The number of nitro groups is 1. The van der Waals surface area contributed by atoms with E-state index in [0.29, 0.717) is 6.54 Å². The summed E-state index contributed by atoms with van der Waals surface area (Å²) in [5.74, 6) is 0. The normalized spacial score (nSPS) is 11.1. The lowest BCUT2D eigenvalue weighted by molar-refractivity contribution is -0.386. The van der Waals surface area contributed by atoms with Crippen molar-refractivity contribution in [2.75, 3.05) is 11.6 Å². The Balaban J connectivity index is 2.38. The molecule has 7 heteroatoms. The van der Waals surface area contributed by atoms with E-state index in [9.17, 15) is 18.5 Å². The standard InChI is InChI=1S/C14H14N2O4S/c1-21(19,20)13-9-5-8-12(14(13)16(17)18)15-10-11-6-3-2-4-7-11/h2-9,15H,10H2,1H3. The molecule has 0 heterocycles. The summed E-state index contributed by atoms with van der Waals surface area (Å²) in [4.78, 5) is 10.2. The Morgan fingerprint density at radius 3 is 2.33 bits per heavy atom. The van der Waals surface area contributed by atoms with Gasteiger partial charge in [-0.3, -0.25) is 10.1 Å². The Labute approximate surface area is 122 Å². The van der Waals surface area contributed by atoms with Gasteiger partial charge in [-0.1, -0.05) is 36.4 Å². The highest BCUT2D eigenvalue weighted by Crippen LogP contribution is 2.32. The maximum atomic E-state index is 11.7. The van der Waals surface area contributed by atoms with Crippen molar-refractivity contribution < 1.29 is 13.3 Å². The molecule has 21 heavy (non-hydrogen) atoms. The maximum absolute atomic E-state index is 11.7. The summed E-state index contributed by atoms with van der Waals surface area (Å²) in [5.41, 5.74) is 0.708. The zero-order chi connectivity index (χ0) is 15.5. The van der Waals surface area contributed by atoms with Crippen LogP contribution in [0.3, 0.4) is 0 Å². The molecule has 0 saturated carbocycles. The van der Waals surface area contributed by atoms with Crippen LogP contribution in [0.5, 0.6) is 0 Å². The molecule has 0 aliphatic heterocycles. The zero-order valence-corrected chi connectivity index (χ0v) is 12.1. The molecule has 0 radical (unpaired) electrons. The highest BCUT2D eigenvalue weighted by Gasteiger charge is 2.25. The first-order valence-electron chi connectivity index (χ1n) is 6.15. The van der Waals surface area contributed by atoms with Gasteiger partial charge in [-0.2, -0.15) is 0 Å². The van der Waals surface area contributed by atoms with Crippen LogP contribution in [-0.2, 0) is 16.4 Å². The average molecular weight is 306 g/mol. The highest BCUT2D eigenvalue weighted by molar-refractivity contribution is 7.90. The van der Waals surface area contributed by atoms with E-state index in [-0.39, 0.29) is 10.6 Å². The van der Waals surface area contributed by atoms with Crippen molar-refractivity contribution in [3.8, 4) is 0 Å². The highest BCUT2D eigenvalue weighted by atomic mass is 32.2. The van der Waals surface area contributed by atoms with E-state index < -0.39 is 20.4 Å². The quantitative estimate of drug-likeness (QED) is 0.677. The number of rotatable bonds is 5. The van der Waals surface area contributed by atoms with Crippen molar-refractivity contribution in [1.29, 1.82) is 0 Å². The Kier molecular flexibility index (Phi) is 4.23. The predicted octanol–water partition coefficient (Wildman–Crippen LogP) is 2.61. The molecule has 6 nitrogen and oxygen atoms in total. The van der Waals surface area contributed by atoms with Crippen molar-refractivity contribution in [2.45, 2.75) is 11.4 Å². The van der Waals surface area contributed by atoms with Gasteiger partial charge in [0, 0.05) is 12.8 Å². The Morgan fingerprint density at radius 2 is 1.76 bits per heavy atom. The smallest absolute Gasteiger partial charge is 0.310 e. The summed E-state index contributed by atoms with van der Waals surface area (Å²) in [7, 11) is -3.67. The molecule has 0 aromatic heterocycles. The van der Waals surface area contributed by atoms with Crippen molar-refractivity contribution in [3.05, 3.63) is 64.2 Å². The van der Waals surface area contributed by atoms with Crippen LogP contribution in [0.2, 0.25) is 0 Å². The van der Waals surface area contributed by atoms with E-state index in [2.05, 4.69) is 5.32 Å².